The second-order valence-corrected chi connectivity index (χ2v) is 6.77. The number of amides is 1. The quantitative estimate of drug-likeness (QED) is 0.570. The highest BCUT2D eigenvalue weighted by molar-refractivity contribution is 7.99. The number of halogens is 1. The molecule has 0 unspecified atom stereocenters. The summed E-state index contributed by atoms with van der Waals surface area (Å²) in [6, 6.07) is 13.6. The van der Waals surface area contributed by atoms with Crippen molar-refractivity contribution < 1.29 is 14.3 Å². The Kier molecular flexibility index (Phi) is 10.7. The molecule has 2 aromatic rings. The van der Waals surface area contributed by atoms with Crippen LogP contribution in [0, 0.1) is 0 Å². The molecule has 1 amide bonds. The van der Waals surface area contributed by atoms with E-state index in [2.05, 4.69) is 17.6 Å². The minimum absolute atomic E-state index is 0. The third-order valence-corrected chi connectivity index (χ3v) is 4.81. The molecule has 27 heavy (non-hydrogen) atoms. The standard InChI is InChI=1S/C20H26N2O3S.ClH/c1-4-21-14-15-7-5-6-8-17(15)22-20(23)11-12-26-16-9-10-18(24-2)19(13-16)25-3;/h5-10,13,21H,4,11-12,14H2,1-3H3,(H,22,23);1H. The van der Waals surface area contributed by atoms with E-state index in [-0.39, 0.29) is 18.3 Å². The zero-order valence-corrected chi connectivity index (χ0v) is 17.5. The Bertz CT molecular complexity index is 728. The van der Waals surface area contributed by atoms with Gasteiger partial charge in [-0.05, 0) is 36.4 Å². The SMILES string of the molecule is CCNCc1ccccc1NC(=O)CCSc1ccc(OC)c(OC)c1.Cl. The third-order valence-electron chi connectivity index (χ3n) is 3.81. The summed E-state index contributed by atoms with van der Waals surface area (Å²) in [5.41, 5.74) is 1.96. The molecule has 0 bridgehead atoms. The van der Waals surface area contributed by atoms with Gasteiger partial charge in [-0.25, -0.2) is 0 Å². The molecule has 0 atom stereocenters. The zero-order valence-electron chi connectivity index (χ0n) is 15.9. The molecule has 0 spiro atoms. The minimum Gasteiger partial charge on any atom is -0.493 e. The lowest BCUT2D eigenvalue weighted by Gasteiger charge is -2.12. The molecule has 0 aliphatic carbocycles. The van der Waals surface area contributed by atoms with Crippen LogP contribution in [-0.4, -0.2) is 32.4 Å². The van der Waals surface area contributed by atoms with E-state index in [1.165, 1.54) is 0 Å². The molecule has 0 radical (unpaired) electrons. The van der Waals surface area contributed by atoms with Gasteiger partial charge >= 0.3 is 0 Å². The first kappa shape index (κ1) is 23.1. The van der Waals surface area contributed by atoms with Crippen molar-refractivity contribution in [2.24, 2.45) is 0 Å². The van der Waals surface area contributed by atoms with Crippen LogP contribution in [0.1, 0.15) is 18.9 Å². The van der Waals surface area contributed by atoms with Crippen molar-refractivity contribution in [1.29, 1.82) is 0 Å². The van der Waals surface area contributed by atoms with Crippen LogP contribution >= 0.6 is 24.2 Å². The van der Waals surface area contributed by atoms with Crippen molar-refractivity contribution in [2.45, 2.75) is 24.8 Å². The number of methoxy groups -OCH3 is 2. The van der Waals surface area contributed by atoms with Crippen LogP contribution in [0.5, 0.6) is 11.5 Å². The molecule has 2 rings (SSSR count). The van der Waals surface area contributed by atoms with Crippen molar-refractivity contribution in [3.63, 3.8) is 0 Å². The van der Waals surface area contributed by atoms with Crippen LogP contribution < -0.4 is 20.1 Å². The van der Waals surface area contributed by atoms with E-state index in [0.717, 1.165) is 29.2 Å². The first-order chi connectivity index (χ1) is 12.7. The van der Waals surface area contributed by atoms with Crippen LogP contribution in [0.3, 0.4) is 0 Å². The highest BCUT2D eigenvalue weighted by Gasteiger charge is 2.08. The number of hydrogen-bond acceptors (Lipinski definition) is 5. The lowest BCUT2D eigenvalue weighted by atomic mass is 10.1. The third kappa shape index (κ3) is 7.33. The summed E-state index contributed by atoms with van der Waals surface area (Å²) in [7, 11) is 3.23. The molecule has 0 saturated heterocycles. The average molecular weight is 411 g/mol. The van der Waals surface area contributed by atoms with Gasteiger partial charge in [-0.1, -0.05) is 25.1 Å². The maximum Gasteiger partial charge on any atom is 0.225 e. The number of nitrogens with one attached hydrogen (secondary N) is 2. The topological polar surface area (TPSA) is 59.6 Å². The summed E-state index contributed by atoms with van der Waals surface area (Å²) in [4.78, 5) is 13.3. The normalized spacial score (nSPS) is 10.0. The fourth-order valence-corrected chi connectivity index (χ4v) is 3.31. The van der Waals surface area contributed by atoms with Crippen molar-refractivity contribution in [3.05, 3.63) is 48.0 Å². The summed E-state index contributed by atoms with van der Waals surface area (Å²) in [6.45, 7) is 3.70. The van der Waals surface area contributed by atoms with Crippen LogP contribution in [0.2, 0.25) is 0 Å². The molecule has 0 saturated carbocycles. The number of carbonyl (C=O) groups excluding carboxylic acids is 1. The number of para-hydroxylation sites is 1. The van der Waals surface area contributed by atoms with Gasteiger partial charge in [0.15, 0.2) is 11.5 Å². The van der Waals surface area contributed by atoms with Gasteiger partial charge in [0, 0.05) is 29.3 Å². The summed E-state index contributed by atoms with van der Waals surface area (Å²) in [5, 5.41) is 6.30. The number of benzene rings is 2. The molecule has 5 nitrogen and oxygen atoms in total. The van der Waals surface area contributed by atoms with Crippen LogP contribution in [-0.2, 0) is 11.3 Å². The average Bonchev–Trinajstić information content (AvgIpc) is 2.67. The first-order valence-electron chi connectivity index (χ1n) is 8.61. The van der Waals surface area contributed by atoms with Crippen molar-refractivity contribution in [2.75, 3.05) is 31.8 Å². The second kappa shape index (κ2) is 12.5. The van der Waals surface area contributed by atoms with Gasteiger partial charge in [0.25, 0.3) is 0 Å². The Morgan fingerprint density at radius 3 is 2.52 bits per heavy atom. The molecule has 7 heteroatoms. The summed E-state index contributed by atoms with van der Waals surface area (Å²) in [5.74, 6) is 2.10. The highest BCUT2D eigenvalue weighted by Crippen LogP contribution is 2.32. The van der Waals surface area contributed by atoms with Gasteiger partial charge in [-0.15, -0.1) is 24.2 Å². The number of thioether (sulfide) groups is 1. The van der Waals surface area contributed by atoms with Crippen LogP contribution in [0.4, 0.5) is 5.69 Å². The fourth-order valence-electron chi connectivity index (χ4n) is 2.44. The van der Waals surface area contributed by atoms with E-state index in [1.54, 1.807) is 26.0 Å². The predicted octanol–water partition coefficient (Wildman–Crippen LogP) is 4.36. The van der Waals surface area contributed by atoms with Crippen LogP contribution in [0.25, 0.3) is 0 Å². The van der Waals surface area contributed by atoms with E-state index in [9.17, 15) is 4.79 Å². The maximum atomic E-state index is 12.3. The Morgan fingerprint density at radius 1 is 1.07 bits per heavy atom. The van der Waals surface area contributed by atoms with Gasteiger partial charge in [0.1, 0.15) is 0 Å². The Labute approximate surface area is 171 Å². The fraction of sp³-hybridized carbons (Fsp3) is 0.350. The van der Waals surface area contributed by atoms with Gasteiger partial charge in [0.05, 0.1) is 14.2 Å². The largest absolute Gasteiger partial charge is 0.493 e. The van der Waals surface area contributed by atoms with Crippen molar-refractivity contribution in [1.82, 2.24) is 5.32 Å². The maximum absolute atomic E-state index is 12.3. The van der Waals surface area contributed by atoms with Crippen molar-refractivity contribution >= 4 is 35.8 Å². The molecule has 0 fully saturated rings. The molecule has 0 aromatic heterocycles. The van der Waals surface area contributed by atoms with Gasteiger partial charge < -0.3 is 20.1 Å². The molecule has 0 aliphatic heterocycles. The summed E-state index contributed by atoms with van der Waals surface area (Å²) in [6.07, 6.45) is 0.439. The lowest BCUT2D eigenvalue weighted by molar-refractivity contribution is -0.115. The molecular weight excluding hydrogens is 384 g/mol. The number of carbonyl (C=O) groups is 1. The smallest absolute Gasteiger partial charge is 0.225 e. The number of rotatable bonds is 10. The Balaban J connectivity index is 0.00000364. The molecule has 0 aliphatic rings. The molecule has 148 valence electrons. The monoisotopic (exact) mass is 410 g/mol. The first-order valence-corrected chi connectivity index (χ1v) is 9.59. The van der Waals surface area contributed by atoms with E-state index < -0.39 is 0 Å². The number of anilines is 1. The lowest BCUT2D eigenvalue weighted by Crippen LogP contribution is -2.17. The van der Waals surface area contributed by atoms with Gasteiger partial charge in [-0.3, -0.25) is 4.79 Å². The van der Waals surface area contributed by atoms with E-state index in [1.807, 2.05) is 42.5 Å². The number of hydrogen-bond donors (Lipinski definition) is 2. The second-order valence-electron chi connectivity index (χ2n) is 5.60. The highest BCUT2D eigenvalue weighted by atomic mass is 35.5. The Morgan fingerprint density at radius 2 is 1.81 bits per heavy atom. The Hall–Kier alpha value is -1.89. The van der Waals surface area contributed by atoms with Gasteiger partial charge in [-0.2, -0.15) is 0 Å². The predicted molar refractivity (Wildman–Crippen MR) is 115 cm³/mol. The summed E-state index contributed by atoms with van der Waals surface area (Å²) >= 11 is 1.62. The summed E-state index contributed by atoms with van der Waals surface area (Å²) < 4.78 is 10.5. The zero-order chi connectivity index (χ0) is 18.8. The molecule has 2 N–H and O–H groups in total. The minimum atomic E-state index is 0. The molecule has 0 heterocycles. The molecular formula is C20H27ClN2O3S. The van der Waals surface area contributed by atoms with Gasteiger partial charge in [0.2, 0.25) is 5.91 Å². The van der Waals surface area contributed by atoms with Crippen molar-refractivity contribution in [3.8, 4) is 11.5 Å². The van der Waals surface area contributed by atoms with E-state index in [0.29, 0.717) is 23.7 Å². The number of ether oxygens (including phenoxy) is 2. The van der Waals surface area contributed by atoms with Crippen LogP contribution in [0.15, 0.2) is 47.4 Å². The molecule has 2 aromatic carbocycles. The van der Waals surface area contributed by atoms with E-state index >= 15 is 0 Å². The van der Waals surface area contributed by atoms with E-state index in [4.69, 9.17) is 9.47 Å².